The number of rotatable bonds is 7. The first kappa shape index (κ1) is 14.3. The molecule has 1 saturated heterocycles. The molecule has 106 valence electrons. The van der Waals surface area contributed by atoms with Crippen LogP contribution in [0.5, 0.6) is 0 Å². The molecular weight excluding hydrogens is 220 g/mol. The molecule has 1 aliphatic heterocycles. The second kappa shape index (κ2) is 6.91. The maximum Gasteiger partial charge on any atom is 0.0362 e. The predicted molar refractivity (Wildman–Crippen MR) is 79.0 cm³/mol. The molecule has 1 saturated carbocycles. The van der Waals surface area contributed by atoms with E-state index < -0.39 is 0 Å². The Hall–Kier alpha value is -0.0800. The van der Waals surface area contributed by atoms with Crippen molar-refractivity contribution in [2.45, 2.75) is 83.2 Å². The fraction of sp³-hybridized carbons (Fsp3) is 1.00. The Morgan fingerprint density at radius 2 is 1.72 bits per heavy atom. The summed E-state index contributed by atoms with van der Waals surface area (Å²) in [5.41, 5.74) is 0.516. The number of nitrogens with one attached hydrogen (secondary N) is 1. The monoisotopic (exact) mass is 252 g/mol. The maximum atomic E-state index is 3.84. The quantitative estimate of drug-likeness (QED) is 0.745. The van der Waals surface area contributed by atoms with Gasteiger partial charge >= 0.3 is 0 Å². The van der Waals surface area contributed by atoms with Crippen molar-refractivity contribution in [2.24, 2.45) is 0 Å². The minimum absolute atomic E-state index is 0.516. The standard InChI is InChI=1S/C16H32N2/c1-3-5-10-15(17-4-2)16(11-6-7-12-16)18-13-8-9-14-18/h15,17H,3-14H2,1-2H3. The predicted octanol–water partition coefficient (Wildman–Crippen LogP) is 3.56. The molecule has 0 radical (unpaired) electrons. The first-order valence-corrected chi connectivity index (χ1v) is 8.32. The zero-order valence-corrected chi connectivity index (χ0v) is 12.5. The van der Waals surface area contributed by atoms with Crippen molar-refractivity contribution in [3.05, 3.63) is 0 Å². The third-order valence-electron chi connectivity index (χ3n) is 5.15. The Labute approximate surface area is 114 Å². The van der Waals surface area contributed by atoms with Crippen molar-refractivity contribution in [2.75, 3.05) is 19.6 Å². The maximum absolute atomic E-state index is 3.84. The fourth-order valence-corrected chi connectivity index (χ4v) is 4.25. The van der Waals surface area contributed by atoms with Crippen molar-refractivity contribution in [1.29, 1.82) is 0 Å². The van der Waals surface area contributed by atoms with Crippen molar-refractivity contribution in [3.8, 4) is 0 Å². The van der Waals surface area contributed by atoms with Crippen molar-refractivity contribution >= 4 is 0 Å². The number of hydrogen-bond acceptors (Lipinski definition) is 2. The summed E-state index contributed by atoms with van der Waals surface area (Å²) in [4.78, 5) is 2.85. The van der Waals surface area contributed by atoms with Crippen molar-refractivity contribution < 1.29 is 0 Å². The van der Waals surface area contributed by atoms with Crippen LogP contribution >= 0.6 is 0 Å². The topological polar surface area (TPSA) is 15.3 Å². The number of unbranched alkanes of at least 4 members (excludes halogenated alkanes) is 1. The van der Waals surface area contributed by atoms with E-state index >= 15 is 0 Å². The van der Waals surface area contributed by atoms with E-state index in [9.17, 15) is 0 Å². The third-order valence-corrected chi connectivity index (χ3v) is 5.15. The van der Waals surface area contributed by atoms with Crippen LogP contribution in [-0.4, -0.2) is 36.1 Å². The molecule has 2 aliphatic rings. The number of likely N-dealkylation sites (tertiary alicyclic amines) is 1. The summed E-state index contributed by atoms with van der Waals surface area (Å²) in [6.07, 6.45) is 12.7. The highest BCUT2D eigenvalue weighted by atomic mass is 15.2. The molecule has 1 aliphatic carbocycles. The van der Waals surface area contributed by atoms with Crippen LogP contribution in [0.2, 0.25) is 0 Å². The van der Waals surface area contributed by atoms with Crippen LogP contribution in [0.3, 0.4) is 0 Å². The Kier molecular flexibility index (Phi) is 5.50. The van der Waals surface area contributed by atoms with E-state index in [0.717, 1.165) is 12.6 Å². The highest BCUT2D eigenvalue weighted by Gasteiger charge is 2.45. The molecule has 0 aromatic rings. The summed E-state index contributed by atoms with van der Waals surface area (Å²) in [5.74, 6) is 0. The van der Waals surface area contributed by atoms with Gasteiger partial charge in [-0.05, 0) is 51.7 Å². The van der Waals surface area contributed by atoms with Gasteiger partial charge in [0, 0.05) is 11.6 Å². The second-order valence-electron chi connectivity index (χ2n) is 6.26. The normalized spacial score (nSPS) is 25.7. The Balaban J connectivity index is 2.08. The lowest BCUT2D eigenvalue weighted by atomic mass is 9.83. The molecule has 0 spiro atoms. The van der Waals surface area contributed by atoms with Crippen LogP contribution in [-0.2, 0) is 0 Å². The van der Waals surface area contributed by atoms with Crippen LogP contribution in [0.1, 0.15) is 71.6 Å². The highest BCUT2D eigenvalue weighted by Crippen LogP contribution is 2.41. The van der Waals surface area contributed by atoms with Gasteiger partial charge in [-0.25, -0.2) is 0 Å². The Morgan fingerprint density at radius 1 is 1.06 bits per heavy atom. The molecular formula is C16H32N2. The van der Waals surface area contributed by atoms with Crippen LogP contribution < -0.4 is 5.32 Å². The van der Waals surface area contributed by atoms with E-state index in [4.69, 9.17) is 0 Å². The first-order valence-electron chi connectivity index (χ1n) is 8.32. The van der Waals surface area contributed by atoms with Gasteiger partial charge in [0.05, 0.1) is 0 Å². The van der Waals surface area contributed by atoms with Gasteiger partial charge < -0.3 is 5.32 Å². The van der Waals surface area contributed by atoms with Crippen LogP contribution in [0.4, 0.5) is 0 Å². The SMILES string of the molecule is CCCCC(NCC)C1(N2CCCC2)CCCC1. The molecule has 1 heterocycles. The highest BCUT2D eigenvalue weighted by molar-refractivity contribution is 5.04. The van der Waals surface area contributed by atoms with Crippen LogP contribution in [0.25, 0.3) is 0 Å². The largest absolute Gasteiger partial charge is 0.312 e. The number of nitrogens with zero attached hydrogens (tertiary/aromatic N) is 1. The van der Waals surface area contributed by atoms with E-state index in [-0.39, 0.29) is 0 Å². The van der Waals surface area contributed by atoms with Gasteiger partial charge in [-0.3, -0.25) is 4.90 Å². The van der Waals surface area contributed by atoms with Crippen LogP contribution in [0.15, 0.2) is 0 Å². The van der Waals surface area contributed by atoms with E-state index in [0.29, 0.717) is 5.54 Å². The van der Waals surface area contributed by atoms with E-state index in [1.165, 1.54) is 70.9 Å². The molecule has 2 nitrogen and oxygen atoms in total. The molecule has 2 fully saturated rings. The molecule has 2 heteroatoms. The molecule has 1 unspecified atom stereocenters. The summed E-state index contributed by atoms with van der Waals surface area (Å²) in [5, 5.41) is 3.84. The smallest absolute Gasteiger partial charge is 0.0362 e. The van der Waals surface area contributed by atoms with Gasteiger partial charge in [-0.1, -0.05) is 39.5 Å². The summed E-state index contributed by atoms with van der Waals surface area (Å²) in [7, 11) is 0. The average Bonchev–Trinajstić information content (AvgIpc) is 3.04. The summed E-state index contributed by atoms with van der Waals surface area (Å²) < 4.78 is 0. The number of hydrogen-bond donors (Lipinski definition) is 1. The minimum Gasteiger partial charge on any atom is -0.312 e. The first-order chi connectivity index (χ1) is 8.83. The molecule has 0 aromatic heterocycles. The second-order valence-corrected chi connectivity index (χ2v) is 6.26. The Bertz CT molecular complexity index is 227. The minimum atomic E-state index is 0.516. The lowest BCUT2D eigenvalue weighted by Gasteiger charge is -2.45. The van der Waals surface area contributed by atoms with Gasteiger partial charge in [0.1, 0.15) is 0 Å². The number of likely N-dealkylation sites (N-methyl/N-ethyl adjacent to an activating group) is 1. The van der Waals surface area contributed by atoms with E-state index in [1.807, 2.05) is 0 Å². The van der Waals surface area contributed by atoms with Gasteiger partial charge in [-0.2, -0.15) is 0 Å². The molecule has 1 atom stereocenters. The van der Waals surface area contributed by atoms with Gasteiger partial charge in [0.25, 0.3) is 0 Å². The molecule has 0 aromatic carbocycles. The molecule has 2 rings (SSSR count). The lowest BCUT2D eigenvalue weighted by Crippen LogP contribution is -2.59. The summed E-state index contributed by atoms with van der Waals surface area (Å²) >= 11 is 0. The van der Waals surface area contributed by atoms with Gasteiger partial charge in [0.2, 0.25) is 0 Å². The van der Waals surface area contributed by atoms with Gasteiger partial charge in [-0.15, -0.1) is 0 Å². The molecule has 18 heavy (non-hydrogen) atoms. The Morgan fingerprint density at radius 3 is 2.28 bits per heavy atom. The molecule has 0 bridgehead atoms. The third kappa shape index (κ3) is 2.91. The fourth-order valence-electron chi connectivity index (χ4n) is 4.25. The molecule has 1 N–H and O–H groups in total. The van der Waals surface area contributed by atoms with Crippen molar-refractivity contribution in [3.63, 3.8) is 0 Å². The lowest BCUT2D eigenvalue weighted by molar-refractivity contribution is 0.0726. The van der Waals surface area contributed by atoms with E-state index in [1.54, 1.807) is 0 Å². The summed E-state index contributed by atoms with van der Waals surface area (Å²) in [6, 6.07) is 0.739. The zero-order chi connectivity index (χ0) is 12.8. The zero-order valence-electron chi connectivity index (χ0n) is 12.5. The van der Waals surface area contributed by atoms with E-state index in [2.05, 4.69) is 24.1 Å². The molecule has 0 amide bonds. The van der Waals surface area contributed by atoms with Crippen LogP contribution in [0, 0.1) is 0 Å². The van der Waals surface area contributed by atoms with Crippen molar-refractivity contribution in [1.82, 2.24) is 10.2 Å². The summed E-state index contributed by atoms with van der Waals surface area (Å²) in [6.45, 7) is 8.43. The average molecular weight is 252 g/mol. The van der Waals surface area contributed by atoms with Gasteiger partial charge in [0.15, 0.2) is 0 Å².